The van der Waals surface area contributed by atoms with Gasteiger partial charge in [0.15, 0.2) is 5.65 Å². The number of aromatic nitrogens is 4. The van der Waals surface area contributed by atoms with E-state index in [2.05, 4.69) is 14.9 Å². The summed E-state index contributed by atoms with van der Waals surface area (Å²) in [6, 6.07) is 8.15. The van der Waals surface area contributed by atoms with Crippen molar-refractivity contribution in [1.29, 1.82) is 0 Å². The number of fused-ring (bicyclic) bond motifs is 1. The van der Waals surface area contributed by atoms with E-state index in [1.54, 1.807) is 6.20 Å². The Morgan fingerprint density at radius 3 is 2.96 bits per heavy atom. The third-order valence-corrected chi connectivity index (χ3v) is 5.20. The van der Waals surface area contributed by atoms with Crippen LogP contribution in [-0.4, -0.2) is 56.6 Å². The highest BCUT2D eigenvalue weighted by atomic mass is 16.2. The molecule has 3 aromatic heterocycles. The predicted molar refractivity (Wildman–Crippen MR) is 105 cm³/mol. The molecule has 1 saturated heterocycles. The van der Waals surface area contributed by atoms with Crippen molar-refractivity contribution < 1.29 is 4.79 Å². The largest absolute Gasteiger partial charge is 0.353 e. The van der Waals surface area contributed by atoms with E-state index in [0.717, 1.165) is 48.7 Å². The summed E-state index contributed by atoms with van der Waals surface area (Å²) in [7, 11) is 1.92. The first-order valence-electron chi connectivity index (χ1n) is 9.43. The van der Waals surface area contributed by atoms with Crippen molar-refractivity contribution in [3.05, 3.63) is 42.9 Å². The minimum atomic E-state index is 0.223. The predicted octanol–water partition coefficient (Wildman–Crippen LogP) is 2.63. The van der Waals surface area contributed by atoms with Crippen molar-refractivity contribution in [3.63, 3.8) is 0 Å². The normalized spacial score (nSPS) is 16.8. The lowest BCUT2D eigenvalue weighted by atomic mass is 10.2. The van der Waals surface area contributed by atoms with Crippen LogP contribution in [0.4, 0.5) is 5.82 Å². The Morgan fingerprint density at radius 2 is 2.19 bits per heavy atom. The molecule has 1 unspecified atom stereocenters. The molecule has 0 N–H and O–H groups in total. The Bertz CT molecular complexity index is 938. The zero-order valence-electron chi connectivity index (χ0n) is 15.7. The average Bonchev–Trinajstić information content (AvgIpc) is 3.35. The van der Waals surface area contributed by atoms with Crippen LogP contribution in [0.3, 0.4) is 0 Å². The summed E-state index contributed by atoms with van der Waals surface area (Å²) in [6.45, 7) is 3.74. The Morgan fingerprint density at radius 1 is 1.30 bits per heavy atom. The van der Waals surface area contributed by atoms with E-state index < -0.39 is 0 Å². The van der Waals surface area contributed by atoms with E-state index in [1.165, 1.54) is 0 Å². The number of anilines is 1. The van der Waals surface area contributed by atoms with E-state index in [4.69, 9.17) is 5.10 Å². The van der Waals surface area contributed by atoms with Gasteiger partial charge in [-0.3, -0.25) is 9.78 Å². The van der Waals surface area contributed by atoms with Crippen LogP contribution < -0.4 is 4.90 Å². The van der Waals surface area contributed by atoms with Gasteiger partial charge in [-0.15, -0.1) is 5.10 Å². The van der Waals surface area contributed by atoms with E-state index in [1.807, 2.05) is 60.0 Å². The van der Waals surface area contributed by atoms with Gasteiger partial charge in [0.25, 0.3) is 0 Å². The molecule has 140 valence electrons. The molecule has 27 heavy (non-hydrogen) atoms. The molecule has 0 bridgehead atoms. The minimum Gasteiger partial charge on any atom is -0.353 e. The molecule has 3 aromatic rings. The zero-order chi connectivity index (χ0) is 18.8. The number of pyridine rings is 1. The van der Waals surface area contributed by atoms with Gasteiger partial charge in [0, 0.05) is 44.5 Å². The number of hydrogen-bond acceptors (Lipinski definition) is 5. The topological polar surface area (TPSA) is 66.6 Å². The number of carbonyl (C=O) groups excluding carboxylic acids is 1. The van der Waals surface area contributed by atoms with Gasteiger partial charge in [0.2, 0.25) is 5.91 Å². The molecule has 1 atom stereocenters. The summed E-state index contributed by atoms with van der Waals surface area (Å²) in [4.78, 5) is 25.0. The fraction of sp³-hybridized carbons (Fsp3) is 0.400. The molecule has 0 saturated carbocycles. The molecule has 0 aliphatic carbocycles. The molecule has 0 aromatic carbocycles. The first-order valence-corrected chi connectivity index (χ1v) is 9.43. The molecule has 4 rings (SSSR count). The van der Waals surface area contributed by atoms with Crippen LogP contribution in [0.5, 0.6) is 0 Å². The van der Waals surface area contributed by atoms with Crippen molar-refractivity contribution in [3.8, 4) is 11.3 Å². The standard InChI is InChI=1S/C20H24N6O/c1-3-5-20(27)24(2)16-9-11-25(14-16)19-8-7-18-22-13-17(26(18)23-19)15-6-4-10-21-12-15/h4,6-8,10,12-13,16H,3,5,9,11,14H2,1-2H3. The second kappa shape index (κ2) is 7.34. The van der Waals surface area contributed by atoms with Crippen LogP contribution in [0.1, 0.15) is 26.2 Å². The number of hydrogen-bond donors (Lipinski definition) is 0. The highest BCUT2D eigenvalue weighted by Gasteiger charge is 2.29. The number of amides is 1. The summed E-state index contributed by atoms with van der Waals surface area (Å²) in [5, 5.41) is 4.82. The number of likely N-dealkylation sites (N-methyl/N-ethyl adjacent to an activating group) is 1. The molecule has 0 radical (unpaired) electrons. The van der Waals surface area contributed by atoms with Crippen molar-refractivity contribution in [1.82, 2.24) is 24.5 Å². The highest BCUT2D eigenvalue weighted by molar-refractivity contribution is 5.76. The Labute approximate surface area is 158 Å². The van der Waals surface area contributed by atoms with Gasteiger partial charge in [-0.05, 0) is 37.1 Å². The van der Waals surface area contributed by atoms with Crippen LogP contribution in [0.2, 0.25) is 0 Å². The molecule has 7 heteroatoms. The first kappa shape index (κ1) is 17.5. The lowest BCUT2D eigenvalue weighted by Crippen LogP contribution is -2.39. The number of carbonyl (C=O) groups is 1. The van der Waals surface area contributed by atoms with Gasteiger partial charge < -0.3 is 9.80 Å². The molecule has 1 amide bonds. The highest BCUT2D eigenvalue weighted by Crippen LogP contribution is 2.24. The molecule has 7 nitrogen and oxygen atoms in total. The van der Waals surface area contributed by atoms with Crippen molar-refractivity contribution >= 4 is 17.4 Å². The third-order valence-electron chi connectivity index (χ3n) is 5.20. The molecule has 1 fully saturated rings. The smallest absolute Gasteiger partial charge is 0.222 e. The molecular weight excluding hydrogens is 340 g/mol. The zero-order valence-corrected chi connectivity index (χ0v) is 15.7. The van der Waals surface area contributed by atoms with Gasteiger partial charge in [0.05, 0.1) is 17.9 Å². The van der Waals surface area contributed by atoms with Crippen LogP contribution in [0, 0.1) is 0 Å². The monoisotopic (exact) mass is 364 g/mol. The van der Waals surface area contributed by atoms with E-state index >= 15 is 0 Å². The fourth-order valence-corrected chi connectivity index (χ4v) is 3.60. The fourth-order valence-electron chi connectivity index (χ4n) is 3.60. The summed E-state index contributed by atoms with van der Waals surface area (Å²) < 4.78 is 1.87. The number of imidazole rings is 1. The lowest BCUT2D eigenvalue weighted by molar-refractivity contribution is -0.131. The lowest BCUT2D eigenvalue weighted by Gasteiger charge is -2.25. The summed E-state index contributed by atoms with van der Waals surface area (Å²) in [5.74, 6) is 1.13. The molecule has 1 aliphatic rings. The van der Waals surface area contributed by atoms with Gasteiger partial charge in [-0.1, -0.05) is 6.92 Å². The number of nitrogens with zero attached hydrogens (tertiary/aromatic N) is 6. The molecule has 1 aliphatic heterocycles. The maximum Gasteiger partial charge on any atom is 0.222 e. The van der Waals surface area contributed by atoms with E-state index in [9.17, 15) is 4.79 Å². The van der Waals surface area contributed by atoms with E-state index in [0.29, 0.717) is 6.42 Å². The quantitative estimate of drug-likeness (QED) is 0.696. The van der Waals surface area contributed by atoms with Crippen LogP contribution in [-0.2, 0) is 4.79 Å². The number of rotatable bonds is 5. The van der Waals surface area contributed by atoms with Crippen LogP contribution in [0.25, 0.3) is 16.9 Å². The first-order chi connectivity index (χ1) is 13.2. The van der Waals surface area contributed by atoms with Gasteiger partial charge in [-0.2, -0.15) is 0 Å². The SMILES string of the molecule is CCCC(=O)N(C)C1CCN(c2ccc3ncc(-c4cccnc4)n3n2)C1. The maximum absolute atomic E-state index is 12.2. The summed E-state index contributed by atoms with van der Waals surface area (Å²) >= 11 is 0. The van der Waals surface area contributed by atoms with Gasteiger partial charge in [-0.25, -0.2) is 9.50 Å². The Kier molecular flexibility index (Phi) is 4.75. The molecule has 4 heterocycles. The average molecular weight is 364 g/mol. The van der Waals surface area contributed by atoms with Crippen LogP contribution >= 0.6 is 0 Å². The molecular formula is C20H24N6O. The van der Waals surface area contributed by atoms with Crippen molar-refractivity contribution in [2.75, 3.05) is 25.0 Å². The molecule has 0 spiro atoms. The second-order valence-electron chi connectivity index (χ2n) is 6.99. The third kappa shape index (κ3) is 3.37. The van der Waals surface area contributed by atoms with Crippen molar-refractivity contribution in [2.45, 2.75) is 32.2 Å². The summed E-state index contributed by atoms with van der Waals surface area (Å²) in [5.41, 5.74) is 2.72. The Hall–Kier alpha value is -2.96. The second-order valence-corrected chi connectivity index (χ2v) is 6.99. The van der Waals surface area contributed by atoms with Crippen LogP contribution in [0.15, 0.2) is 42.9 Å². The van der Waals surface area contributed by atoms with Crippen molar-refractivity contribution in [2.24, 2.45) is 0 Å². The minimum absolute atomic E-state index is 0.223. The maximum atomic E-state index is 12.2. The van der Waals surface area contributed by atoms with Gasteiger partial charge in [0.1, 0.15) is 5.82 Å². The summed E-state index contributed by atoms with van der Waals surface area (Å²) in [6.07, 6.45) is 7.86. The van der Waals surface area contributed by atoms with E-state index in [-0.39, 0.29) is 11.9 Å². The van der Waals surface area contributed by atoms with Gasteiger partial charge >= 0.3 is 0 Å². The Balaban J connectivity index is 1.57.